The predicted octanol–water partition coefficient (Wildman–Crippen LogP) is 0.792. The van der Waals surface area contributed by atoms with Crippen LogP contribution in [0.1, 0.15) is 25.0 Å². The van der Waals surface area contributed by atoms with Gasteiger partial charge in [0.15, 0.2) is 5.69 Å². The normalized spacial score (nSPS) is 19.7. The Morgan fingerprint density at radius 1 is 1.47 bits per heavy atom. The van der Waals surface area contributed by atoms with Crippen molar-refractivity contribution in [3.8, 4) is 6.07 Å². The molecular formula is C11H12N4O2. The van der Waals surface area contributed by atoms with Crippen LogP contribution in [0.15, 0.2) is 12.4 Å². The molecule has 2 heterocycles. The minimum atomic E-state index is -0.837. The molecule has 0 aliphatic carbocycles. The summed E-state index contributed by atoms with van der Waals surface area (Å²) in [5, 5.41) is 17.7. The second-order valence-corrected chi connectivity index (χ2v) is 3.91. The summed E-state index contributed by atoms with van der Waals surface area (Å²) in [5.41, 5.74) is 0.234. The summed E-state index contributed by atoms with van der Waals surface area (Å²) in [4.78, 5) is 20.8. The van der Waals surface area contributed by atoms with Gasteiger partial charge in [0.25, 0.3) is 0 Å². The van der Waals surface area contributed by atoms with Gasteiger partial charge in [-0.15, -0.1) is 0 Å². The van der Waals surface area contributed by atoms with Crippen LogP contribution in [0.4, 0.5) is 5.82 Å². The van der Waals surface area contributed by atoms with Gasteiger partial charge in [-0.2, -0.15) is 5.26 Å². The third-order valence-corrected chi connectivity index (χ3v) is 2.83. The van der Waals surface area contributed by atoms with Crippen molar-refractivity contribution < 1.29 is 9.90 Å². The van der Waals surface area contributed by atoms with E-state index in [1.807, 2.05) is 6.07 Å². The lowest BCUT2D eigenvalue weighted by atomic mass is 10.0. The van der Waals surface area contributed by atoms with Crippen LogP contribution >= 0.6 is 0 Å². The van der Waals surface area contributed by atoms with Crippen LogP contribution in [0.3, 0.4) is 0 Å². The summed E-state index contributed by atoms with van der Waals surface area (Å²) in [6, 6.07) is 1.35. The number of rotatable bonds is 2. The molecule has 0 aromatic carbocycles. The topological polar surface area (TPSA) is 90.1 Å². The Hall–Kier alpha value is -2.16. The van der Waals surface area contributed by atoms with Crippen molar-refractivity contribution in [3.63, 3.8) is 0 Å². The van der Waals surface area contributed by atoms with E-state index in [-0.39, 0.29) is 5.69 Å². The lowest BCUT2D eigenvalue weighted by Crippen LogP contribution is -2.45. The van der Waals surface area contributed by atoms with Crippen LogP contribution in [0, 0.1) is 11.3 Å². The Balaban J connectivity index is 2.24. The number of aromatic nitrogens is 2. The molecule has 1 N–H and O–H groups in total. The maximum Gasteiger partial charge on any atom is 0.326 e. The highest BCUT2D eigenvalue weighted by molar-refractivity contribution is 5.77. The molecule has 1 aliphatic rings. The van der Waals surface area contributed by atoms with E-state index in [4.69, 9.17) is 10.4 Å². The van der Waals surface area contributed by atoms with E-state index in [2.05, 4.69) is 9.97 Å². The third-order valence-electron chi connectivity index (χ3n) is 2.83. The largest absolute Gasteiger partial charge is 0.480 e. The smallest absolute Gasteiger partial charge is 0.326 e. The third kappa shape index (κ3) is 2.33. The quantitative estimate of drug-likeness (QED) is 0.810. The van der Waals surface area contributed by atoms with E-state index >= 15 is 0 Å². The summed E-state index contributed by atoms with van der Waals surface area (Å²) in [7, 11) is 0. The molecule has 6 heteroatoms. The zero-order chi connectivity index (χ0) is 12.3. The van der Waals surface area contributed by atoms with Crippen LogP contribution in [0.25, 0.3) is 0 Å². The Bertz CT molecular complexity index is 452. The minimum Gasteiger partial charge on any atom is -0.480 e. The highest BCUT2D eigenvalue weighted by atomic mass is 16.4. The maximum absolute atomic E-state index is 11.1. The van der Waals surface area contributed by atoms with Gasteiger partial charge in [0.05, 0.1) is 12.4 Å². The summed E-state index contributed by atoms with van der Waals surface area (Å²) in [6.07, 6.45) is 5.31. The molecule has 0 spiro atoms. The Kier molecular flexibility index (Phi) is 3.19. The minimum absolute atomic E-state index is 0.234. The first-order valence-corrected chi connectivity index (χ1v) is 5.44. The number of hydrogen-bond acceptors (Lipinski definition) is 5. The zero-order valence-corrected chi connectivity index (χ0v) is 9.20. The first kappa shape index (κ1) is 11.3. The number of hydrogen-bond donors (Lipinski definition) is 1. The molecule has 1 saturated heterocycles. The van der Waals surface area contributed by atoms with Gasteiger partial charge in [-0.1, -0.05) is 0 Å². The monoisotopic (exact) mass is 232 g/mol. The van der Waals surface area contributed by atoms with E-state index in [9.17, 15) is 4.79 Å². The molecule has 0 bridgehead atoms. The van der Waals surface area contributed by atoms with E-state index < -0.39 is 12.0 Å². The molecule has 17 heavy (non-hydrogen) atoms. The molecule has 0 radical (unpaired) electrons. The molecule has 2 rings (SSSR count). The van der Waals surface area contributed by atoms with Gasteiger partial charge in [-0.3, -0.25) is 0 Å². The molecule has 1 aromatic heterocycles. The molecule has 88 valence electrons. The number of carboxylic acid groups (broad SMARTS) is 1. The molecule has 1 unspecified atom stereocenters. The first-order chi connectivity index (χ1) is 8.22. The fraction of sp³-hybridized carbons (Fsp3) is 0.455. The average Bonchev–Trinajstić information content (AvgIpc) is 2.39. The lowest BCUT2D eigenvalue weighted by molar-refractivity contribution is -0.139. The van der Waals surface area contributed by atoms with Crippen LogP contribution < -0.4 is 4.90 Å². The number of nitrogens with zero attached hydrogens (tertiary/aromatic N) is 4. The van der Waals surface area contributed by atoms with Crippen molar-refractivity contribution in [2.75, 3.05) is 11.4 Å². The second kappa shape index (κ2) is 4.78. The Labute approximate surface area is 98.5 Å². The maximum atomic E-state index is 11.1. The standard InChI is InChI=1S/C11H12N4O2/c12-5-8-6-14-10(7-13-8)15-4-2-1-3-9(15)11(16)17/h6-7,9H,1-4H2,(H,16,17). The van der Waals surface area contributed by atoms with Crippen molar-refractivity contribution >= 4 is 11.8 Å². The number of carbonyl (C=O) groups is 1. The predicted molar refractivity (Wildman–Crippen MR) is 59.4 cm³/mol. The zero-order valence-electron chi connectivity index (χ0n) is 9.20. The van der Waals surface area contributed by atoms with Gasteiger partial charge in [-0.05, 0) is 19.3 Å². The molecule has 1 fully saturated rings. The summed E-state index contributed by atoms with van der Waals surface area (Å²) >= 11 is 0. The van der Waals surface area contributed by atoms with E-state index in [1.54, 1.807) is 4.90 Å². The van der Waals surface area contributed by atoms with Gasteiger partial charge < -0.3 is 10.0 Å². The first-order valence-electron chi connectivity index (χ1n) is 5.44. The summed E-state index contributed by atoms with van der Waals surface area (Å²) < 4.78 is 0. The van der Waals surface area contributed by atoms with Gasteiger partial charge in [-0.25, -0.2) is 14.8 Å². The number of nitriles is 1. The van der Waals surface area contributed by atoms with Crippen LogP contribution in [0.5, 0.6) is 0 Å². The van der Waals surface area contributed by atoms with Crippen LogP contribution in [-0.4, -0.2) is 33.6 Å². The van der Waals surface area contributed by atoms with E-state index in [0.717, 1.165) is 12.8 Å². The van der Waals surface area contributed by atoms with Gasteiger partial charge in [0.2, 0.25) is 0 Å². The number of aliphatic carboxylic acids is 1. The van der Waals surface area contributed by atoms with Crippen molar-refractivity contribution in [3.05, 3.63) is 18.1 Å². The molecule has 0 saturated carbocycles. The lowest BCUT2D eigenvalue weighted by Gasteiger charge is -2.33. The van der Waals surface area contributed by atoms with Crippen molar-refractivity contribution in [1.82, 2.24) is 9.97 Å². The van der Waals surface area contributed by atoms with E-state index in [0.29, 0.717) is 18.8 Å². The van der Waals surface area contributed by atoms with Gasteiger partial charge in [0.1, 0.15) is 17.9 Å². The van der Waals surface area contributed by atoms with Gasteiger partial charge in [0, 0.05) is 6.54 Å². The highest BCUT2D eigenvalue weighted by Crippen LogP contribution is 2.22. The Morgan fingerprint density at radius 3 is 2.88 bits per heavy atom. The van der Waals surface area contributed by atoms with Crippen molar-refractivity contribution in [2.24, 2.45) is 0 Å². The second-order valence-electron chi connectivity index (χ2n) is 3.91. The molecule has 6 nitrogen and oxygen atoms in total. The van der Waals surface area contributed by atoms with Gasteiger partial charge >= 0.3 is 5.97 Å². The fourth-order valence-electron chi connectivity index (χ4n) is 1.99. The number of carboxylic acids is 1. The van der Waals surface area contributed by atoms with Crippen molar-refractivity contribution in [2.45, 2.75) is 25.3 Å². The summed E-state index contributed by atoms with van der Waals surface area (Å²) in [6.45, 7) is 0.664. The number of piperidine rings is 1. The van der Waals surface area contributed by atoms with Crippen LogP contribution in [0.2, 0.25) is 0 Å². The highest BCUT2D eigenvalue weighted by Gasteiger charge is 2.29. The molecule has 1 atom stereocenters. The summed E-state index contributed by atoms with van der Waals surface area (Å²) in [5.74, 6) is -0.313. The Morgan fingerprint density at radius 2 is 2.29 bits per heavy atom. The molecule has 1 aromatic rings. The van der Waals surface area contributed by atoms with E-state index in [1.165, 1.54) is 12.4 Å². The molecule has 1 aliphatic heterocycles. The van der Waals surface area contributed by atoms with Crippen LogP contribution in [-0.2, 0) is 4.79 Å². The molecule has 0 amide bonds. The average molecular weight is 232 g/mol. The molecular weight excluding hydrogens is 220 g/mol. The SMILES string of the molecule is N#Cc1cnc(N2CCCCC2C(=O)O)cn1. The fourth-order valence-corrected chi connectivity index (χ4v) is 1.99. The number of anilines is 1. The van der Waals surface area contributed by atoms with Crippen molar-refractivity contribution in [1.29, 1.82) is 5.26 Å².